The minimum atomic E-state index is -0.775. The number of aliphatic hydroxyl groups is 2. The zero-order chi connectivity index (χ0) is 34.6. The Morgan fingerprint density at radius 2 is 0.894 bits per heavy atom. The van der Waals surface area contributed by atoms with E-state index < -0.39 is 18.2 Å². The number of ether oxygens (including phenoxy) is 1. The molecule has 0 bridgehead atoms. The van der Waals surface area contributed by atoms with Crippen LogP contribution in [0.25, 0.3) is 0 Å². The third-order valence-corrected chi connectivity index (χ3v) is 9.69. The number of carbonyl (C=O) groups is 2. The second-order valence-corrected chi connectivity index (χ2v) is 14.4. The molecule has 6 nitrogen and oxygen atoms in total. The van der Waals surface area contributed by atoms with Crippen molar-refractivity contribution in [2.45, 2.75) is 244 Å². The lowest BCUT2D eigenvalue weighted by Gasteiger charge is -2.24. The van der Waals surface area contributed by atoms with E-state index in [0.717, 1.165) is 44.9 Å². The van der Waals surface area contributed by atoms with Gasteiger partial charge in [0.2, 0.25) is 5.91 Å². The number of aliphatic hydroxyl groups excluding tert-OH is 2. The molecule has 0 aromatic heterocycles. The summed E-state index contributed by atoms with van der Waals surface area (Å²) in [6, 6.07) is -0.688. The van der Waals surface area contributed by atoms with Crippen molar-refractivity contribution in [1.29, 1.82) is 0 Å². The van der Waals surface area contributed by atoms with Gasteiger partial charge in [-0.1, -0.05) is 188 Å². The van der Waals surface area contributed by atoms with Gasteiger partial charge in [-0.3, -0.25) is 9.59 Å². The highest BCUT2D eigenvalue weighted by Gasteiger charge is 2.24. The highest BCUT2D eigenvalue weighted by molar-refractivity contribution is 5.77. The van der Waals surface area contributed by atoms with Crippen molar-refractivity contribution in [2.24, 2.45) is 0 Å². The summed E-state index contributed by atoms with van der Waals surface area (Å²) in [5, 5.41) is 23.5. The Bertz CT molecular complexity index is 672. The van der Waals surface area contributed by atoms with Gasteiger partial charge < -0.3 is 20.3 Å². The molecule has 47 heavy (non-hydrogen) atoms. The Kier molecular flexibility index (Phi) is 35.3. The Labute approximate surface area is 292 Å². The number of esters is 1. The van der Waals surface area contributed by atoms with Crippen molar-refractivity contribution in [3.8, 4) is 0 Å². The van der Waals surface area contributed by atoms with Crippen LogP contribution in [0.5, 0.6) is 0 Å². The zero-order valence-electron chi connectivity index (χ0n) is 31.7. The molecule has 1 amide bonds. The molecule has 3 atom stereocenters. The van der Waals surface area contributed by atoms with Gasteiger partial charge in [-0.2, -0.15) is 0 Å². The molecule has 0 saturated carbocycles. The van der Waals surface area contributed by atoms with Gasteiger partial charge in [0.25, 0.3) is 0 Å². The monoisotopic (exact) mass is 668 g/mol. The van der Waals surface area contributed by atoms with Gasteiger partial charge in [-0.05, 0) is 25.7 Å². The minimum absolute atomic E-state index is 0.0853. The van der Waals surface area contributed by atoms with E-state index in [0.29, 0.717) is 19.3 Å². The molecule has 0 saturated heterocycles. The van der Waals surface area contributed by atoms with Crippen molar-refractivity contribution in [3.05, 3.63) is 0 Å². The minimum Gasteiger partial charge on any atom is -0.462 e. The third kappa shape index (κ3) is 31.9. The van der Waals surface area contributed by atoms with E-state index in [1.54, 1.807) is 0 Å². The lowest BCUT2D eigenvalue weighted by molar-refractivity contribution is -0.151. The number of carbonyl (C=O) groups excluding carboxylic acids is 2. The number of hydrogen-bond acceptors (Lipinski definition) is 5. The molecule has 0 radical (unpaired) electrons. The molecule has 0 aromatic carbocycles. The standard InChI is InChI=1S/C41H81NO5/c1-4-7-10-13-16-19-22-24-27-30-33-39(44)38(36-43)42-40(45)35-37(32-29-26-23-20-17-14-11-8-5-2)47-41(46)34-31-28-25-21-18-15-12-9-6-3/h37-39,43-44H,4-36H2,1-3H3,(H,42,45). The highest BCUT2D eigenvalue weighted by atomic mass is 16.5. The molecule has 0 aliphatic carbocycles. The van der Waals surface area contributed by atoms with Gasteiger partial charge >= 0.3 is 5.97 Å². The van der Waals surface area contributed by atoms with Crippen molar-refractivity contribution < 1.29 is 24.5 Å². The summed E-state index contributed by atoms with van der Waals surface area (Å²) in [6.45, 7) is 6.43. The van der Waals surface area contributed by atoms with E-state index in [9.17, 15) is 19.8 Å². The first-order valence-corrected chi connectivity index (χ1v) is 20.8. The molecule has 0 rings (SSSR count). The average Bonchev–Trinajstić information content (AvgIpc) is 3.06. The molecule has 6 heteroatoms. The summed E-state index contributed by atoms with van der Waals surface area (Å²) < 4.78 is 5.86. The topological polar surface area (TPSA) is 95.9 Å². The predicted octanol–water partition coefficient (Wildman–Crippen LogP) is 11.3. The number of amides is 1. The lowest BCUT2D eigenvalue weighted by atomic mass is 10.0. The molecule has 0 fully saturated rings. The fourth-order valence-corrected chi connectivity index (χ4v) is 6.49. The predicted molar refractivity (Wildman–Crippen MR) is 200 cm³/mol. The summed E-state index contributed by atoms with van der Waals surface area (Å²) in [5.74, 6) is -0.468. The SMILES string of the molecule is CCCCCCCCCCCCC(O)C(CO)NC(=O)CC(CCCCCCCCCCC)OC(=O)CCCCCCCCCCC. The van der Waals surface area contributed by atoms with E-state index in [1.807, 2.05) is 0 Å². The van der Waals surface area contributed by atoms with Crippen LogP contribution in [0.15, 0.2) is 0 Å². The number of hydrogen-bond donors (Lipinski definition) is 3. The number of rotatable bonds is 37. The van der Waals surface area contributed by atoms with Crippen LogP contribution in [0.4, 0.5) is 0 Å². The van der Waals surface area contributed by atoms with Gasteiger partial charge in [0.05, 0.1) is 25.2 Å². The largest absolute Gasteiger partial charge is 0.462 e. The highest BCUT2D eigenvalue weighted by Crippen LogP contribution is 2.17. The first-order chi connectivity index (χ1) is 23.0. The number of unbranched alkanes of at least 4 members (excludes halogenated alkanes) is 25. The van der Waals surface area contributed by atoms with Crippen LogP contribution >= 0.6 is 0 Å². The molecule has 0 spiro atoms. The molecule has 0 aromatic rings. The lowest BCUT2D eigenvalue weighted by Crippen LogP contribution is -2.46. The summed E-state index contributed by atoms with van der Waals surface area (Å²) >= 11 is 0. The number of nitrogens with one attached hydrogen (secondary N) is 1. The van der Waals surface area contributed by atoms with E-state index >= 15 is 0 Å². The Morgan fingerprint density at radius 1 is 0.532 bits per heavy atom. The van der Waals surface area contributed by atoms with Crippen LogP contribution in [0.1, 0.15) is 226 Å². The Balaban J connectivity index is 4.54. The van der Waals surface area contributed by atoms with Crippen LogP contribution in [0, 0.1) is 0 Å². The molecule has 3 unspecified atom stereocenters. The average molecular weight is 668 g/mol. The third-order valence-electron chi connectivity index (χ3n) is 9.69. The van der Waals surface area contributed by atoms with Crippen molar-refractivity contribution in [1.82, 2.24) is 5.32 Å². The molecule has 0 aliphatic rings. The summed E-state index contributed by atoms with van der Waals surface area (Å²) in [5.41, 5.74) is 0. The van der Waals surface area contributed by atoms with E-state index in [4.69, 9.17) is 4.74 Å². The van der Waals surface area contributed by atoms with Gasteiger partial charge in [-0.15, -0.1) is 0 Å². The van der Waals surface area contributed by atoms with Crippen molar-refractivity contribution in [3.63, 3.8) is 0 Å². The molecule has 280 valence electrons. The van der Waals surface area contributed by atoms with Crippen molar-refractivity contribution >= 4 is 11.9 Å². The van der Waals surface area contributed by atoms with Crippen molar-refractivity contribution in [2.75, 3.05) is 6.61 Å². The molecule has 0 aliphatic heterocycles. The summed E-state index contributed by atoms with van der Waals surface area (Å²) in [6.07, 6.45) is 34.5. The first-order valence-electron chi connectivity index (χ1n) is 20.8. The zero-order valence-corrected chi connectivity index (χ0v) is 31.7. The quantitative estimate of drug-likeness (QED) is 0.0452. The molecule has 0 heterocycles. The van der Waals surface area contributed by atoms with Crippen LogP contribution in [0.2, 0.25) is 0 Å². The first kappa shape index (κ1) is 45.9. The van der Waals surface area contributed by atoms with E-state index in [-0.39, 0.29) is 24.9 Å². The smallest absolute Gasteiger partial charge is 0.306 e. The molecular weight excluding hydrogens is 586 g/mol. The van der Waals surface area contributed by atoms with Crippen LogP contribution < -0.4 is 5.32 Å². The van der Waals surface area contributed by atoms with Gasteiger partial charge in [0.1, 0.15) is 6.10 Å². The molecular formula is C41H81NO5. The van der Waals surface area contributed by atoms with Crippen LogP contribution in [-0.4, -0.2) is 46.9 Å². The normalized spacial score (nSPS) is 13.4. The van der Waals surface area contributed by atoms with Crippen LogP contribution in [-0.2, 0) is 14.3 Å². The maximum absolute atomic E-state index is 13.0. The fourth-order valence-electron chi connectivity index (χ4n) is 6.49. The second kappa shape index (κ2) is 36.1. The molecule has 3 N–H and O–H groups in total. The Morgan fingerprint density at radius 3 is 1.30 bits per heavy atom. The van der Waals surface area contributed by atoms with Gasteiger partial charge in [0.15, 0.2) is 0 Å². The van der Waals surface area contributed by atoms with E-state index in [1.165, 1.54) is 135 Å². The summed E-state index contributed by atoms with van der Waals surface area (Å²) in [7, 11) is 0. The summed E-state index contributed by atoms with van der Waals surface area (Å²) in [4.78, 5) is 25.7. The second-order valence-electron chi connectivity index (χ2n) is 14.4. The fraction of sp³-hybridized carbons (Fsp3) is 0.951. The maximum atomic E-state index is 13.0. The Hall–Kier alpha value is -1.14. The van der Waals surface area contributed by atoms with Gasteiger partial charge in [0, 0.05) is 6.42 Å². The maximum Gasteiger partial charge on any atom is 0.306 e. The van der Waals surface area contributed by atoms with E-state index in [2.05, 4.69) is 26.1 Å². The van der Waals surface area contributed by atoms with Crippen LogP contribution in [0.3, 0.4) is 0 Å². The van der Waals surface area contributed by atoms with Gasteiger partial charge in [-0.25, -0.2) is 0 Å².